The van der Waals surface area contributed by atoms with Gasteiger partial charge in [0, 0.05) is 6.92 Å². The van der Waals surface area contributed by atoms with Gasteiger partial charge in [-0.15, -0.1) is 10.2 Å². The highest BCUT2D eigenvalue weighted by molar-refractivity contribution is 5.73. The minimum absolute atomic E-state index is 0.223. The number of carbonyl (C=O) groups excluding carboxylic acids is 1. The van der Waals surface area contributed by atoms with E-state index in [9.17, 15) is 4.79 Å². The SMILES string of the molecule is CC(=O)N[C@@H]1[C@@H](OCc2ccccc2)[C@H](OCc2ccccc2)[C@@H](COCc2ccccc2)OC12N=N2. The summed E-state index contributed by atoms with van der Waals surface area (Å²) < 4.78 is 25.3. The molecule has 8 heteroatoms. The van der Waals surface area contributed by atoms with Crippen molar-refractivity contribution in [2.24, 2.45) is 10.2 Å². The van der Waals surface area contributed by atoms with Crippen LogP contribution in [0.3, 0.4) is 0 Å². The molecule has 0 saturated carbocycles. The highest BCUT2D eigenvalue weighted by atomic mass is 16.6. The number of ether oxygens (including phenoxy) is 4. The van der Waals surface area contributed by atoms with Crippen LogP contribution in [0.1, 0.15) is 23.6 Å². The number of rotatable bonds is 11. The lowest BCUT2D eigenvalue weighted by Crippen LogP contribution is -2.67. The lowest BCUT2D eigenvalue weighted by atomic mass is 9.93. The summed E-state index contributed by atoms with van der Waals surface area (Å²) >= 11 is 0. The van der Waals surface area contributed by atoms with E-state index in [0.29, 0.717) is 19.8 Å². The molecule has 5 rings (SSSR count). The highest BCUT2D eigenvalue weighted by Crippen LogP contribution is 2.43. The second kappa shape index (κ2) is 11.7. The third-order valence-electron chi connectivity index (χ3n) is 6.37. The van der Waals surface area contributed by atoms with Crippen LogP contribution in [0.25, 0.3) is 0 Å². The van der Waals surface area contributed by atoms with E-state index in [-0.39, 0.29) is 12.5 Å². The van der Waals surface area contributed by atoms with Gasteiger partial charge in [-0.3, -0.25) is 4.79 Å². The van der Waals surface area contributed by atoms with E-state index in [2.05, 4.69) is 15.5 Å². The fourth-order valence-electron chi connectivity index (χ4n) is 4.52. The number of hydrogen-bond acceptors (Lipinski definition) is 7. The Morgan fingerprint density at radius 1 is 0.784 bits per heavy atom. The summed E-state index contributed by atoms with van der Waals surface area (Å²) in [5.74, 6) is -1.43. The molecule has 1 saturated heterocycles. The normalized spacial score (nSPS) is 23.6. The molecule has 0 bridgehead atoms. The average Bonchev–Trinajstić information content (AvgIpc) is 3.70. The lowest BCUT2D eigenvalue weighted by Gasteiger charge is -2.44. The van der Waals surface area contributed by atoms with Gasteiger partial charge in [0.15, 0.2) is 0 Å². The molecule has 3 aromatic rings. The van der Waals surface area contributed by atoms with E-state index in [1.54, 1.807) is 0 Å². The predicted octanol–water partition coefficient (Wildman–Crippen LogP) is 4.40. The van der Waals surface area contributed by atoms with Gasteiger partial charge in [-0.25, -0.2) is 0 Å². The number of amides is 1. The average molecular weight is 502 g/mol. The Kier molecular flexibility index (Phi) is 8.01. The maximum Gasteiger partial charge on any atom is 0.316 e. The van der Waals surface area contributed by atoms with E-state index in [1.807, 2.05) is 91.0 Å². The van der Waals surface area contributed by atoms with Crippen molar-refractivity contribution in [2.75, 3.05) is 6.61 Å². The highest BCUT2D eigenvalue weighted by Gasteiger charge is 2.63. The molecule has 0 radical (unpaired) electrons. The topological polar surface area (TPSA) is 90.7 Å². The Labute approximate surface area is 216 Å². The molecule has 4 atom stereocenters. The first kappa shape index (κ1) is 25.2. The first-order valence-electron chi connectivity index (χ1n) is 12.4. The van der Waals surface area contributed by atoms with Crippen LogP contribution >= 0.6 is 0 Å². The lowest BCUT2D eigenvalue weighted by molar-refractivity contribution is -0.245. The summed E-state index contributed by atoms with van der Waals surface area (Å²) in [5, 5.41) is 11.4. The van der Waals surface area contributed by atoms with Gasteiger partial charge in [0.05, 0.1) is 26.4 Å². The van der Waals surface area contributed by atoms with Crippen molar-refractivity contribution in [3.8, 4) is 0 Å². The maximum atomic E-state index is 12.2. The molecule has 8 nitrogen and oxygen atoms in total. The number of hydrogen-bond donors (Lipinski definition) is 1. The van der Waals surface area contributed by atoms with E-state index in [4.69, 9.17) is 18.9 Å². The predicted molar refractivity (Wildman–Crippen MR) is 136 cm³/mol. The van der Waals surface area contributed by atoms with Crippen molar-refractivity contribution in [3.63, 3.8) is 0 Å². The van der Waals surface area contributed by atoms with Gasteiger partial charge in [-0.2, -0.15) is 0 Å². The fourth-order valence-corrected chi connectivity index (χ4v) is 4.52. The number of carbonyl (C=O) groups is 1. The molecule has 0 aromatic heterocycles. The first-order chi connectivity index (χ1) is 18.1. The number of nitrogens with one attached hydrogen (secondary N) is 1. The van der Waals surface area contributed by atoms with Gasteiger partial charge in [0.1, 0.15) is 24.4 Å². The van der Waals surface area contributed by atoms with Crippen LogP contribution in [-0.2, 0) is 43.6 Å². The second-order valence-electron chi connectivity index (χ2n) is 9.22. The molecule has 0 unspecified atom stereocenters. The van der Waals surface area contributed by atoms with Gasteiger partial charge in [0.2, 0.25) is 5.91 Å². The summed E-state index contributed by atoms with van der Waals surface area (Å²) in [6.45, 7) is 2.82. The minimum Gasteiger partial charge on any atom is -0.374 e. The molecule has 1 amide bonds. The maximum absolute atomic E-state index is 12.2. The Hall–Kier alpha value is -3.43. The van der Waals surface area contributed by atoms with Crippen LogP contribution in [0.2, 0.25) is 0 Å². The van der Waals surface area contributed by atoms with Crippen molar-refractivity contribution >= 4 is 5.91 Å². The molecule has 1 fully saturated rings. The largest absolute Gasteiger partial charge is 0.374 e. The summed E-state index contributed by atoms with van der Waals surface area (Å²) in [7, 11) is 0. The molecular formula is C29H31N3O5. The van der Waals surface area contributed by atoms with E-state index < -0.39 is 30.2 Å². The Balaban J connectivity index is 1.38. The third-order valence-corrected chi connectivity index (χ3v) is 6.37. The Morgan fingerprint density at radius 2 is 1.27 bits per heavy atom. The van der Waals surface area contributed by atoms with Crippen molar-refractivity contribution in [1.29, 1.82) is 0 Å². The monoisotopic (exact) mass is 501 g/mol. The quantitative estimate of drug-likeness (QED) is 0.421. The Morgan fingerprint density at radius 3 is 1.76 bits per heavy atom. The van der Waals surface area contributed by atoms with Crippen molar-refractivity contribution in [3.05, 3.63) is 108 Å². The van der Waals surface area contributed by atoms with Gasteiger partial charge in [0.25, 0.3) is 0 Å². The minimum atomic E-state index is -1.21. The standard InChI is InChI=1S/C29H31N3O5/c1-21(33)30-28-27(36-19-24-15-9-4-10-16-24)26(35-18-23-13-7-3-8-14-23)25(37-29(28)31-32-29)20-34-17-22-11-5-2-6-12-22/h2-16,25-28H,17-20H2,1H3,(H,30,33)/t25-,26-,27+,28-/m1/s1. The van der Waals surface area contributed by atoms with Crippen molar-refractivity contribution in [1.82, 2.24) is 5.32 Å². The van der Waals surface area contributed by atoms with E-state index in [0.717, 1.165) is 16.7 Å². The second-order valence-corrected chi connectivity index (χ2v) is 9.22. The van der Waals surface area contributed by atoms with Gasteiger partial charge in [-0.1, -0.05) is 91.0 Å². The summed E-state index contributed by atoms with van der Waals surface area (Å²) in [6.07, 6.45) is -1.65. The summed E-state index contributed by atoms with van der Waals surface area (Å²) in [5.41, 5.74) is 3.09. The molecule has 2 aliphatic heterocycles. The Bertz CT molecular complexity index is 1170. The van der Waals surface area contributed by atoms with Gasteiger partial charge < -0.3 is 24.3 Å². The molecule has 192 valence electrons. The van der Waals surface area contributed by atoms with Gasteiger partial charge >= 0.3 is 5.85 Å². The molecule has 2 aliphatic rings. The van der Waals surface area contributed by atoms with E-state index >= 15 is 0 Å². The van der Waals surface area contributed by atoms with Crippen LogP contribution in [-0.4, -0.2) is 42.7 Å². The zero-order valence-electron chi connectivity index (χ0n) is 20.7. The van der Waals surface area contributed by atoms with Crippen LogP contribution in [0.15, 0.2) is 101 Å². The molecule has 0 aliphatic carbocycles. The zero-order valence-corrected chi connectivity index (χ0v) is 20.7. The molecule has 37 heavy (non-hydrogen) atoms. The molecule has 1 spiro atoms. The van der Waals surface area contributed by atoms with E-state index in [1.165, 1.54) is 6.92 Å². The zero-order chi connectivity index (χ0) is 25.5. The first-order valence-corrected chi connectivity index (χ1v) is 12.4. The van der Waals surface area contributed by atoms with Crippen LogP contribution in [0, 0.1) is 0 Å². The fraction of sp³-hybridized carbons (Fsp3) is 0.345. The van der Waals surface area contributed by atoms with Gasteiger partial charge in [-0.05, 0) is 16.7 Å². The molecule has 2 heterocycles. The van der Waals surface area contributed by atoms with Crippen molar-refractivity contribution in [2.45, 2.75) is 56.9 Å². The smallest absolute Gasteiger partial charge is 0.316 e. The molecular weight excluding hydrogens is 470 g/mol. The summed E-state index contributed by atoms with van der Waals surface area (Å²) in [4.78, 5) is 12.2. The third kappa shape index (κ3) is 6.47. The van der Waals surface area contributed by atoms with Crippen molar-refractivity contribution < 1.29 is 23.7 Å². The van der Waals surface area contributed by atoms with Crippen LogP contribution in [0.5, 0.6) is 0 Å². The van der Waals surface area contributed by atoms with Crippen LogP contribution in [0.4, 0.5) is 0 Å². The summed E-state index contributed by atoms with van der Waals surface area (Å²) in [6, 6.07) is 29.1. The number of benzene rings is 3. The van der Waals surface area contributed by atoms with Crippen LogP contribution < -0.4 is 5.32 Å². The molecule has 1 N–H and O–H groups in total. The number of nitrogens with zero attached hydrogens (tertiary/aromatic N) is 2. The molecule has 3 aromatic carbocycles.